The lowest BCUT2D eigenvalue weighted by Crippen LogP contribution is -2.61. The van der Waals surface area contributed by atoms with E-state index in [1.54, 1.807) is 13.8 Å². The van der Waals surface area contributed by atoms with Gasteiger partial charge in [0.25, 0.3) is 0 Å². The summed E-state index contributed by atoms with van der Waals surface area (Å²) in [7, 11) is 0. The summed E-state index contributed by atoms with van der Waals surface area (Å²) in [6.45, 7) is 3.34. The first-order valence-electron chi connectivity index (χ1n) is 3.25. The van der Waals surface area contributed by atoms with Crippen LogP contribution in [-0.2, 0) is 4.79 Å². The lowest BCUT2D eigenvalue weighted by atomic mass is 9.93. The quantitative estimate of drug-likeness (QED) is 0.388. The fraction of sp³-hybridized carbons (Fsp3) is 0.833. The molecule has 0 heterocycles. The molecule has 66 valence electrons. The summed E-state index contributed by atoms with van der Waals surface area (Å²) in [5, 5.41) is 8.50. The highest BCUT2D eigenvalue weighted by molar-refractivity contribution is 5.77. The summed E-state index contributed by atoms with van der Waals surface area (Å²) in [6.07, 6.45) is 0.0370. The number of hydrogen-bond donors (Lipinski definition) is 4. The van der Waals surface area contributed by atoms with Crippen LogP contribution in [0.5, 0.6) is 0 Å². The summed E-state index contributed by atoms with van der Waals surface area (Å²) in [6, 6.07) is 0. The van der Waals surface area contributed by atoms with Crippen LogP contribution in [0.4, 0.5) is 0 Å². The van der Waals surface area contributed by atoms with Gasteiger partial charge in [0.1, 0.15) is 0 Å². The van der Waals surface area contributed by atoms with Gasteiger partial charge in [0.05, 0.1) is 0 Å². The van der Waals surface area contributed by atoms with Gasteiger partial charge in [-0.3, -0.25) is 0 Å². The van der Waals surface area contributed by atoms with Crippen LogP contribution < -0.4 is 17.2 Å². The average Bonchev–Trinajstić information content (AvgIpc) is 1.56. The molecule has 0 spiro atoms. The maximum absolute atomic E-state index is 10.4. The zero-order valence-electron chi connectivity index (χ0n) is 6.79. The number of aliphatic carboxylic acids is 1. The van der Waals surface area contributed by atoms with Crippen LogP contribution >= 0.6 is 0 Å². The van der Waals surface area contributed by atoms with Crippen molar-refractivity contribution in [2.45, 2.75) is 31.5 Å². The van der Waals surface area contributed by atoms with E-state index in [0.717, 1.165) is 0 Å². The Morgan fingerprint density at radius 2 is 1.73 bits per heavy atom. The summed E-state index contributed by atoms with van der Waals surface area (Å²) in [5.74, 6) is -1.24. The van der Waals surface area contributed by atoms with Crippen LogP contribution in [0.3, 0.4) is 0 Å². The van der Waals surface area contributed by atoms with Gasteiger partial charge in [-0.1, -0.05) is 0 Å². The highest BCUT2D eigenvalue weighted by Crippen LogP contribution is 2.11. The molecule has 5 nitrogen and oxygen atoms in total. The Morgan fingerprint density at radius 1 is 1.36 bits per heavy atom. The third kappa shape index (κ3) is 3.92. The average molecular weight is 161 g/mol. The molecule has 0 aliphatic heterocycles. The fourth-order valence-electron chi connectivity index (χ4n) is 0.830. The number of carbonyl (C=O) groups is 1. The number of carboxylic acid groups (broad SMARTS) is 1. The summed E-state index contributed by atoms with van der Waals surface area (Å²) < 4.78 is 0. The van der Waals surface area contributed by atoms with E-state index >= 15 is 0 Å². The van der Waals surface area contributed by atoms with Crippen molar-refractivity contribution in [1.82, 2.24) is 0 Å². The summed E-state index contributed by atoms with van der Waals surface area (Å²) in [5.41, 5.74) is 13.6. The molecule has 0 amide bonds. The van der Waals surface area contributed by atoms with Gasteiger partial charge in [-0.05, 0) is 13.8 Å². The highest BCUT2D eigenvalue weighted by atomic mass is 16.4. The van der Waals surface area contributed by atoms with E-state index in [1.807, 2.05) is 0 Å². The molecular weight excluding hydrogens is 146 g/mol. The van der Waals surface area contributed by atoms with Crippen molar-refractivity contribution in [1.29, 1.82) is 0 Å². The van der Waals surface area contributed by atoms with Crippen molar-refractivity contribution in [3.63, 3.8) is 0 Å². The second kappa shape index (κ2) is 2.77. The number of rotatable bonds is 3. The molecule has 0 radical (unpaired) electrons. The Hall–Kier alpha value is -0.650. The van der Waals surface area contributed by atoms with Gasteiger partial charge in [0.2, 0.25) is 0 Å². The van der Waals surface area contributed by atoms with E-state index in [9.17, 15) is 4.79 Å². The first kappa shape index (κ1) is 10.3. The van der Waals surface area contributed by atoms with Crippen molar-refractivity contribution >= 4 is 5.97 Å². The molecule has 11 heavy (non-hydrogen) atoms. The third-order valence-corrected chi connectivity index (χ3v) is 1.15. The molecule has 0 atom stereocenters. The van der Waals surface area contributed by atoms with Crippen molar-refractivity contribution in [3.05, 3.63) is 0 Å². The summed E-state index contributed by atoms with van der Waals surface area (Å²) >= 11 is 0. The van der Waals surface area contributed by atoms with Crippen molar-refractivity contribution < 1.29 is 9.90 Å². The van der Waals surface area contributed by atoms with Crippen LogP contribution in [-0.4, -0.2) is 22.3 Å². The van der Waals surface area contributed by atoms with Gasteiger partial charge >= 0.3 is 5.97 Å². The second-order valence-corrected chi connectivity index (χ2v) is 3.51. The minimum atomic E-state index is -1.72. The number of hydrogen-bond acceptors (Lipinski definition) is 4. The van der Waals surface area contributed by atoms with Crippen molar-refractivity contribution in [3.8, 4) is 0 Å². The van der Waals surface area contributed by atoms with Gasteiger partial charge in [-0.15, -0.1) is 0 Å². The lowest BCUT2D eigenvalue weighted by Gasteiger charge is -2.27. The Bertz CT molecular complexity index is 160. The van der Waals surface area contributed by atoms with Crippen molar-refractivity contribution in [2.75, 3.05) is 0 Å². The van der Waals surface area contributed by atoms with E-state index < -0.39 is 17.2 Å². The molecule has 0 aromatic rings. The second-order valence-electron chi connectivity index (χ2n) is 3.51. The molecule has 0 aliphatic carbocycles. The maximum Gasteiger partial charge on any atom is 0.338 e. The number of carboxylic acids is 1. The largest absolute Gasteiger partial charge is 0.479 e. The monoisotopic (exact) mass is 161 g/mol. The van der Waals surface area contributed by atoms with Gasteiger partial charge in [-0.2, -0.15) is 0 Å². The molecular formula is C6H15N3O2. The molecule has 7 N–H and O–H groups in total. The molecule has 0 bridgehead atoms. The van der Waals surface area contributed by atoms with E-state index in [1.165, 1.54) is 0 Å². The SMILES string of the molecule is CC(C)(N)CC(N)(N)C(=O)O. The van der Waals surface area contributed by atoms with Gasteiger partial charge < -0.3 is 22.3 Å². The summed E-state index contributed by atoms with van der Waals surface area (Å²) in [4.78, 5) is 10.4. The van der Waals surface area contributed by atoms with Crippen LogP contribution in [0.25, 0.3) is 0 Å². The van der Waals surface area contributed by atoms with Gasteiger partial charge in [-0.25, -0.2) is 4.79 Å². The molecule has 0 aliphatic rings. The van der Waals surface area contributed by atoms with E-state index in [2.05, 4.69) is 0 Å². The van der Waals surface area contributed by atoms with Crippen LogP contribution in [0.2, 0.25) is 0 Å². The van der Waals surface area contributed by atoms with Gasteiger partial charge in [0.15, 0.2) is 5.66 Å². The Labute approximate surface area is 65.5 Å². The molecule has 0 unspecified atom stereocenters. The minimum absolute atomic E-state index is 0.0370. The minimum Gasteiger partial charge on any atom is -0.479 e. The number of nitrogens with two attached hydrogens (primary N) is 3. The zero-order chi connectivity index (χ0) is 9.28. The Balaban J connectivity index is 4.25. The van der Waals surface area contributed by atoms with Gasteiger partial charge in [0, 0.05) is 12.0 Å². The van der Waals surface area contributed by atoms with Crippen LogP contribution in [0, 0.1) is 0 Å². The smallest absolute Gasteiger partial charge is 0.338 e. The predicted octanol–water partition coefficient (Wildman–Crippen LogP) is -1.19. The highest BCUT2D eigenvalue weighted by Gasteiger charge is 2.33. The van der Waals surface area contributed by atoms with E-state index in [-0.39, 0.29) is 6.42 Å². The molecule has 0 rings (SSSR count). The predicted molar refractivity (Wildman–Crippen MR) is 41.6 cm³/mol. The fourth-order valence-corrected chi connectivity index (χ4v) is 0.830. The third-order valence-electron chi connectivity index (χ3n) is 1.15. The molecule has 0 saturated heterocycles. The Kier molecular flexibility index (Phi) is 2.60. The molecule has 0 aromatic heterocycles. The normalized spacial score (nSPS) is 13.2. The van der Waals surface area contributed by atoms with E-state index in [0.29, 0.717) is 0 Å². The molecule has 0 fully saturated rings. The van der Waals surface area contributed by atoms with Crippen LogP contribution in [0.1, 0.15) is 20.3 Å². The van der Waals surface area contributed by atoms with E-state index in [4.69, 9.17) is 22.3 Å². The first-order valence-corrected chi connectivity index (χ1v) is 3.25. The Morgan fingerprint density at radius 3 is 1.82 bits per heavy atom. The zero-order valence-corrected chi connectivity index (χ0v) is 6.79. The lowest BCUT2D eigenvalue weighted by molar-refractivity contribution is -0.143. The molecule has 5 heteroatoms. The molecule has 0 aromatic carbocycles. The maximum atomic E-state index is 10.4. The van der Waals surface area contributed by atoms with Crippen molar-refractivity contribution in [2.24, 2.45) is 17.2 Å². The topological polar surface area (TPSA) is 115 Å². The first-order chi connectivity index (χ1) is 4.65. The standard InChI is InChI=1S/C6H15N3O2/c1-5(2,7)3-6(8,9)4(10)11/h3,7-9H2,1-2H3,(H,10,11). The molecule has 0 saturated carbocycles. The van der Waals surface area contributed by atoms with Crippen LogP contribution in [0.15, 0.2) is 0 Å².